The number of primary amides is 1. The van der Waals surface area contributed by atoms with Gasteiger partial charge in [-0.25, -0.2) is 0 Å². The number of carbonyl (C=O) groups is 1. The summed E-state index contributed by atoms with van der Waals surface area (Å²) in [5.41, 5.74) is 2.56. The SMILES string of the molecule is CSC[C@H]1CC[C@@](CO[C@H](C)c2cc(C(F)(F)F)cc(C(F)(F)F)c2)(c2ccccc2)N(CC(N)=O)C1. The summed E-state index contributed by atoms with van der Waals surface area (Å²) in [6.07, 6.45) is -7.59. The fourth-order valence-electron chi connectivity index (χ4n) is 4.85. The van der Waals surface area contributed by atoms with E-state index in [9.17, 15) is 31.1 Å². The molecule has 1 fully saturated rings. The summed E-state index contributed by atoms with van der Waals surface area (Å²) in [4.78, 5) is 13.9. The molecule has 3 atom stereocenters. The van der Waals surface area contributed by atoms with Crippen molar-refractivity contribution in [2.75, 3.05) is 31.7 Å². The van der Waals surface area contributed by atoms with Crippen molar-refractivity contribution >= 4 is 17.7 Å². The molecule has 1 aliphatic rings. The number of nitrogens with zero attached hydrogens (tertiary/aromatic N) is 1. The Hall–Kier alpha value is -2.24. The number of thioether (sulfide) groups is 1. The normalized spacial score (nSPS) is 22.1. The van der Waals surface area contributed by atoms with Crippen molar-refractivity contribution in [1.82, 2.24) is 4.90 Å². The molecular weight excluding hydrogens is 518 g/mol. The van der Waals surface area contributed by atoms with E-state index in [-0.39, 0.29) is 24.8 Å². The molecule has 11 heteroatoms. The highest BCUT2D eigenvalue weighted by molar-refractivity contribution is 7.98. The molecule has 2 aromatic carbocycles. The number of likely N-dealkylation sites (tertiary alicyclic amines) is 1. The second-order valence-corrected chi connectivity index (χ2v) is 10.3. The minimum atomic E-state index is -4.95. The minimum absolute atomic E-state index is 0.0466. The van der Waals surface area contributed by atoms with Gasteiger partial charge in [0.05, 0.1) is 35.9 Å². The summed E-state index contributed by atoms with van der Waals surface area (Å²) in [6.45, 7) is 1.87. The lowest BCUT2D eigenvalue weighted by Crippen LogP contribution is -2.57. The average molecular weight is 549 g/mol. The molecule has 3 rings (SSSR count). The van der Waals surface area contributed by atoms with Gasteiger partial charge in [-0.1, -0.05) is 30.3 Å². The van der Waals surface area contributed by atoms with Crippen molar-refractivity contribution in [2.45, 2.75) is 43.8 Å². The molecule has 0 radical (unpaired) electrons. The molecule has 0 saturated carbocycles. The van der Waals surface area contributed by atoms with Gasteiger partial charge in [0, 0.05) is 6.54 Å². The minimum Gasteiger partial charge on any atom is -0.372 e. The van der Waals surface area contributed by atoms with Crippen LogP contribution >= 0.6 is 11.8 Å². The van der Waals surface area contributed by atoms with Crippen molar-refractivity contribution in [3.05, 3.63) is 70.8 Å². The maximum absolute atomic E-state index is 13.4. The Morgan fingerprint density at radius 2 is 1.70 bits per heavy atom. The molecule has 1 amide bonds. The molecule has 0 unspecified atom stereocenters. The van der Waals surface area contributed by atoms with Crippen LogP contribution in [0.1, 0.15) is 48.1 Å². The van der Waals surface area contributed by atoms with Gasteiger partial charge in [0.2, 0.25) is 5.91 Å². The third kappa shape index (κ3) is 7.20. The molecule has 1 heterocycles. The third-order valence-electron chi connectivity index (χ3n) is 6.76. The van der Waals surface area contributed by atoms with E-state index >= 15 is 0 Å². The van der Waals surface area contributed by atoms with Gasteiger partial charge in [-0.2, -0.15) is 38.1 Å². The van der Waals surface area contributed by atoms with E-state index in [0.29, 0.717) is 31.0 Å². The van der Waals surface area contributed by atoms with Gasteiger partial charge < -0.3 is 10.5 Å². The van der Waals surface area contributed by atoms with E-state index in [0.717, 1.165) is 17.7 Å². The standard InChI is InChI=1S/C26H30F6N2O2S/c1-17(19-10-21(25(27,28)29)12-22(11-19)26(30,31)32)36-16-24(20-6-4-3-5-7-20)9-8-18(15-37-2)13-34(24)14-23(33)35/h3-7,10-12,17-18H,8-9,13-16H2,1-2H3,(H2,33,35)/t17-,18+,24-/m1/s1. The van der Waals surface area contributed by atoms with Gasteiger partial charge in [-0.3, -0.25) is 9.69 Å². The van der Waals surface area contributed by atoms with Crippen LogP contribution < -0.4 is 5.73 Å². The Kier molecular flexibility index (Phi) is 9.23. The van der Waals surface area contributed by atoms with Crippen LogP contribution in [0.15, 0.2) is 48.5 Å². The molecule has 0 aliphatic carbocycles. The van der Waals surface area contributed by atoms with Gasteiger partial charge in [0.25, 0.3) is 0 Å². The Labute approximate surface area is 216 Å². The predicted molar refractivity (Wildman–Crippen MR) is 131 cm³/mol. The predicted octanol–water partition coefficient (Wildman–Crippen LogP) is 6.26. The largest absolute Gasteiger partial charge is 0.416 e. The number of hydrogen-bond acceptors (Lipinski definition) is 4. The van der Waals surface area contributed by atoms with Crippen molar-refractivity contribution < 1.29 is 35.9 Å². The summed E-state index contributed by atoms with van der Waals surface area (Å²) in [6, 6.07) is 10.7. The first-order valence-electron chi connectivity index (χ1n) is 11.7. The van der Waals surface area contributed by atoms with E-state index in [1.807, 2.05) is 41.5 Å². The number of amides is 1. The Bertz CT molecular complexity index is 1030. The zero-order valence-corrected chi connectivity index (χ0v) is 21.3. The highest BCUT2D eigenvalue weighted by Crippen LogP contribution is 2.42. The molecule has 37 heavy (non-hydrogen) atoms. The number of rotatable bonds is 9. The molecule has 1 aliphatic heterocycles. The number of benzene rings is 2. The fourth-order valence-corrected chi connectivity index (χ4v) is 5.59. The number of alkyl halides is 6. The van der Waals surface area contributed by atoms with E-state index in [2.05, 4.69) is 0 Å². The monoisotopic (exact) mass is 548 g/mol. The van der Waals surface area contributed by atoms with Gasteiger partial charge in [0.15, 0.2) is 0 Å². The van der Waals surface area contributed by atoms with Crippen LogP contribution in [0.2, 0.25) is 0 Å². The summed E-state index contributed by atoms with van der Waals surface area (Å²) in [5.74, 6) is 0.634. The lowest BCUT2D eigenvalue weighted by atomic mass is 9.78. The number of hydrogen-bond donors (Lipinski definition) is 1. The highest BCUT2D eigenvalue weighted by atomic mass is 32.2. The van der Waals surface area contributed by atoms with E-state index in [4.69, 9.17) is 10.5 Å². The number of nitrogens with two attached hydrogens (primary N) is 1. The maximum atomic E-state index is 13.4. The lowest BCUT2D eigenvalue weighted by molar-refractivity contribution is -0.143. The maximum Gasteiger partial charge on any atom is 0.416 e. The highest BCUT2D eigenvalue weighted by Gasteiger charge is 2.44. The zero-order valence-electron chi connectivity index (χ0n) is 20.5. The molecule has 2 N–H and O–H groups in total. The zero-order chi connectivity index (χ0) is 27.4. The van der Waals surface area contributed by atoms with Crippen molar-refractivity contribution in [2.24, 2.45) is 11.7 Å². The van der Waals surface area contributed by atoms with Crippen LogP contribution in [-0.2, 0) is 27.4 Å². The van der Waals surface area contributed by atoms with E-state index < -0.39 is 41.0 Å². The van der Waals surface area contributed by atoms with Crippen LogP contribution in [0.3, 0.4) is 0 Å². The molecule has 0 aromatic heterocycles. The van der Waals surface area contributed by atoms with E-state index in [1.54, 1.807) is 11.8 Å². The molecule has 2 aromatic rings. The van der Waals surface area contributed by atoms with Crippen molar-refractivity contribution in [3.63, 3.8) is 0 Å². The Balaban J connectivity index is 1.97. The quantitative estimate of drug-likeness (QED) is 0.376. The second-order valence-electron chi connectivity index (χ2n) is 9.40. The summed E-state index contributed by atoms with van der Waals surface area (Å²) >= 11 is 1.69. The fraction of sp³-hybridized carbons (Fsp3) is 0.500. The summed E-state index contributed by atoms with van der Waals surface area (Å²) < 4.78 is 86.3. The molecule has 1 saturated heterocycles. The molecule has 0 spiro atoms. The third-order valence-corrected chi connectivity index (χ3v) is 7.57. The second kappa shape index (κ2) is 11.7. The molecule has 0 bridgehead atoms. The average Bonchev–Trinajstić information content (AvgIpc) is 2.82. The topological polar surface area (TPSA) is 55.6 Å². The lowest BCUT2D eigenvalue weighted by Gasteiger charge is -2.49. The Morgan fingerprint density at radius 1 is 1.11 bits per heavy atom. The Morgan fingerprint density at radius 3 is 2.22 bits per heavy atom. The first kappa shape index (κ1) is 29.3. The number of halogens is 6. The van der Waals surface area contributed by atoms with Gasteiger partial charge in [-0.15, -0.1) is 0 Å². The van der Waals surface area contributed by atoms with Crippen LogP contribution in [0, 0.1) is 5.92 Å². The van der Waals surface area contributed by atoms with Gasteiger partial charge >= 0.3 is 12.4 Å². The van der Waals surface area contributed by atoms with Crippen LogP contribution in [-0.4, -0.2) is 42.5 Å². The number of ether oxygens (including phenoxy) is 1. The van der Waals surface area contributed by atoms with Gasteiger partial charge in [0.1, 0.15) is 0 Å². The first-order chi connectivity index (χ1) is 17.3. The number of piperidine rings is 1. The molecule has 4 nitrogen and oxygen atoms in total. The van der Waals surface area contributed by atoms with Crippen molar-refractivity contribution in [1.29, 1.82) is 0 Å². The van der Waals surface area contributed by atoms with Crippen LogP contribution in [0.4, 0.5) is 26.3 Å². The van der Waals surface area contributed by atoms with E-state index in [1.165, 1.54) is 6.92 Å². The molecular formula is C26H30F6N2O2S. The summed E-state index contributed by atoms with van der Waals surface area (Å²) in [7, 11) is 0. The number of carbonyl (C=O) groups excluding carboxylic acids is 1. The summed E-state index contributed by atoms with van der Waals surface area (Å²) in [5, 5.41) is 0. The van der Waals surface area contributed by atoms with Crippen LogP contribution in [0.5, 0.6) is 0 Å². The first-order valence-corrected chi connectivity index (χ1v) is 13.1. The van der Waals surface area contributed by atoms with Gasteiger partial charge in [-0.05, 0) is 67.0 Å². The smallest absolute Gasteiger partial charge is 0.372 e. The van der Waals surface area contributed by atoms with Crippen LogP contribution in [0.25, 0.3) is 0 Å². The van der Waals surface area contributed by atoms with Crippen molar-refractivity contribution in [3.8, 4) is 0 Å². The molecule has 204 valence electrons.